The molecule has 1 aliphatic carbocycles. The molecular weight excluding hydrogens is 313 g/mol. The van der Waals surface area contributed by atoms with Crippen molar-refractivity contribution in [1.82, 2.24) is 10.2 Å². The number of ether oxygens (including phenoxy) is 1. The number of nitrogens with one attached hydrogen (secondary N) is 1. The molecule has 8 heteroatoms. The molecule has 2 fully saturated rings. The molecule has 23 heavy (non-hydrogen) atoms. The van der Waals surface area contributed by atoms with E-state index in [1.165, 1.54) is 0 Å². The van der Waals surface area contributed by atoms with Gasteiger partial charge in [-0.05, 0) is 19.3 Å². The average Bonchev–Trinajstić information content (AvgIpc) is 2.53. The summed E-state index contributed by atoms with van der Waals surface area (Å²) < 4.78 is 43.5. The Morgan fingerprint density at radius 2 is 2.00 bits per heavy atom. The minimum absolute atomic E-state index is 0.0728. The van der Waals surface area contributed by atoms with Crippen LogP contribution in [0.5, 0.6) is 0 Å². The van der Waals surface area contributed by atoms with Crippen molar-refractivity contribution in [3.05, 3.63) is 0 Å². The first-order valence-electron chi connectivity index (χ1n) is 8.19. The Morgan fingerprint density at radius 1 is 1.30 bits per heavy atom. The van der Waals surface area contributed by atoms with E-state index in [0.717, 1.165) is 13.1 Å². The highest BCUT2D eigenvalue weighted by atomic mass is 19.4. The first-order valence-corrected chi connectivity index (χ1v) is 8.19. The highest BCUT2D eigenvalue weighted by molar-refractivity contribution is 5.78. The SMILES string of the molecule is O=C(NCC(O)CN1CCOCC1)C1CCCC(C(F)(F)F)C1. The van der Waals surface area contributed by atoms with Crippen molar-refractivity contribution in [2.45, 2.75) is 38.0 Å². The van der Waals surface area contributed by atoms with Crippen LogP contribution in [0.3, 0.4) is 0 Å². The van der Waals surface area contributed by atoms with Gasteiger partial charge in [-0.25, -0.2) is 0 Å². The molecule has 1 heterocycles. The maximum atomic E-state index is 12.8. The van der Waals surface area contributed by atoms with Crippen molar-refractivity contribution in [3.8, 4) is 0 Å². The fraction of sp³-hybridized carbons (Fsp3) is 0.933. The summed E-state index contributed by atoms with van der Waals surface area (Å²) in [5.74, 6) is -2.36. The average molecular weight is 338 g/mol. The summed E-state index contributed by atoms with van der Waals surface area (Å²) in [6.45, 7) is 3.23. The predicted octanol–water partition coefficient (Wildman–Crippen LogP) is 1.16. The molecule has 0 aromatic carbocycles. The number of hydrogen-bond donors (Lipinski definition) is 2. The van der Waals surface area contributed by atoms with E-state index >= 15 is 0 Å². The highest BCUT2D eigenvalue weighted by Crippen LogP contribution is 2.39. The molecule has 3 atom stereocenters. The summed E-state index contributed by atoms with van der Waals surface area (Å²) in [6.07, 6.45) is -4.09. The normalized spacial score (nSPS) is 28.3. The van der Waals surface area contributed by atoms with E-state index in [-0.39, 0.29) is 25.3 Å². The highest BCUT2D eigenvalue weighted by Gasteiger charge is 2.43. The van der Waals surface area contributed by atoms with Crippen molar-refractivity contribution < 1.29 is 27.8 Å². The van der Waals surface area contributed by atoms with Crippen molar-refractivity contribution in [2.75, 3.05) is 39.4 Å². The molecule has 1 amide bonds. The van der Waals surface area contributed by atoms with E-state index in [9.17, 15) is 23.1 Å². The first kappa shape index (κ1) is 18.5. The molecule has 0 aromatic rings. The summed E-state index contributed by atoms with van der Waals surface area (Å²) in [7, 11) is 0. The number of halogens is 3. The van der Waals surface area contributed by atoms with Gasteiger partial charge in [0.25, 0.3) is 0 Å². The van der Waals surface area contributed by atoms with Gasteiger partial charge in [0.15, 0.2) is 0 Å². The topological polar surface area (TPSA) is 61.8 Å². The van der Waals surface area contributed by atoms with Crippen LogP contribution in [0.4, 0.5) is 13.2 Å². The zero-order valence-corrected chi connectivity index (χ0v) is 13.1. The Bertz CT molecular complexity index is 387. The van der Waals surface area contributed by atoms with E-state index in [1.807, 2.05) is 4.90 Å². The van der Waals surface area contributed by atoms with Crippen molar-refractivity contribution in [1.29, 1.82) is 0 Å². The molecule has 1 aliphatic heterocycles. The lowest BCUT2D eigenvalue weighted by atomic mass is 9.80. The molecule has 0 radical (unpaired) electrons. The van der Waals surface area contributed by atoms with Gasteiger partial charge in [0.1, 0.15) is 0 Å². The quantitative estimate of drug-likeness (QED) is 0.790. The summed E-state index contributed by atoms with van der Waals surface area (Å²) in [5.41, 5.74) is 0. The number of rotatable bonds is 5. The van der Waals surface area contributed by atoms with Gasteiger partial charge in [-0.3, -0.25) is 9.69 Å². The Hall–Kier alpha value is -0.860. The Morgan fingerprint density at radius 3 is 2.65 bits per heavy atom. The number of aliphatic hydroxyl groups is 1. The second-order valence-corrected chi connectivity index (χ2v) is 6.41. The van der Waals surface area contributed by atoms with E-state index in [4.69, 9.17) is 4.74 Å². The van der Waals surface area contributed by atoms with Gasteiger partial charge in [-0.15, -0.1) is 0 Å². The minimum atomic E-state index is -4.23. The molecule has 1 saturated heterocycles. The zero-order chi connectivity index (χ0) is 16.9. The minimum Gasteiger partial charge on any atom is -0.390 e. The monoisotopic (exact) mass is 338 g/mol. The molecule has 5 nitrogen and oxygen atoms in total. The van der Waals surface area contributed by atoms with Gasteiger partial charge in [0, 0.05) is 32.1 Å². The molecule has 2 rings (SSSR count). The maximum Gasteiger partial charge on any atom is 0.391 e. The van der Waals surface area contributed by atoms with Crippen LogP contribution in [-0.4, -0.2) is 67.6 Å². The second-order valence-electron chi connectivity index (χ2n) is 6.41. The van der Waals surface area contributed by atoms with Crippen LogP contribution >= 0.6 is 0 Å². The molecule has 134 valence electrons. The standard InChI is InChI=1S/C15H25F3N2O3/c16-15(17,18)12-3-1-2-11(8-12)14(22)19-9-13(21)10-20-4-6-23-7-5-20/h11-13,21H,1-10H2,(H,19,22). The number of hydrogen-bond acceptors (Lipinski definition) is 4. The van der Waals surface area contributed by atoms with Gasteiger partial charge in [-0.2, -0.15) is 13.2 Å². The molecule has 2 N–H and O–H groups in total. The molecule has 0 aromatic heterocycles. The number of β-amino-alcohol motifs (C(OH)–C–C–N with tert-alkyl or cyclic N) is 1. The van der Waals surface area contributed by atoms with Crippen LogP contribution in [0, 0.1) is 11.8 Å². The molecule has 1 saturated carbocycles. The van der Waals surface area contributed by atoms with E-state index in [1.54, 1.807) is 0 Å². The van der Waals surface area contributed by atoms with Crippen molar-refractivity contribution in [2.24, 2.45) is 11.8 Å². The second kappa shape index (κ2) is 8.30. The first-order chi connectivity index (χ1) is 10.9. The zero-order valence-electron chi connectivity index (χ0n) is 13.1. The van der Waals surface area contributed by atoms with Crippen LogP contribution in [0.2, 0.25) is 0 Å². The Kier molecular flexibility index (Phi) is 6.67. The number of carbonyl (C=O) groups is 1. The smallest absolute Gasteiger partial charge is 0.390 e. The number of carbonyl (C=O) groups excluding carboxylic acids is 1. The summed E-state index contributed by atoms with van der Waals surface area (Å²) in [4.78, 5) is 14.1. The van der Waals surface area contributed by atoms with Gasteiger partial charge in [0.2, 0.25) is 5.91 Å². The van der Waals surface area contributed by atoms with E-state index in [2.05, 4.69) is 5.32 Å². The lowest BCUT2D eigenvalue weighted by molar-refractivity contribution is -0.186. The van der Waals surface area contributed by atoms with Crippen LogP contribution in [-0.2, 0) is 9.53 Å². The molecule has 0 spiro atoms. The Balaban J connectivity index is 1.71. The van der Waals surface area contributed by atoms with Crippen LogP contribution in [0.15, 0.2) is 0 Å². The summed E-state index contributed by atoms with van der Waals surface area (Å²) >= 11 is 0. The number of nitrogens with zero attached hydrogens (tertiary/aromatic N) is 1. The number of amides is 1. The lowest BCUT2D eigenvalue weighted by Gasteiger charge is -2.31. The van der Waals surface area contributed by atoms with Crippen molar-refractivity contribution >= 4 is 5.91 Å². The number of morpholine rings is 1. The molecule has 3 unspecified atom stereocenters. The van der Waals surface area contributed by atoms with Gasteiger partial charge in [-0.1, -0.05) is 6.42 Å². The summed E-state index contributed by atoms with van der Waals surface area (Å²) in [6, 6.07) is 0. The van der Waals surface area contributed by atoms with Gasteiger partial charge in [0.05, 0.1) is 25.2 Å². The summed E-state index contributed by atoms with van der Waals surface area (Å²) in [5, 5.41) is 12.6. The van der Waals surface area contributed by atoms with Crippen LogP contribution < -0.4 is 5.32 Å². The van der Waals surface area contributed by atoms with E-state index in [0.29, 0.717) is 32.6 Å². The third kappa shape index (κ3) is 5.93. The third-order valence-electron chi connectivity index (χ3n) is 4.59. The largest absolute Gasteiger partial charge is 0.391 e. The van der Waals surface area contributed by atoms with Gasteiger partial charge >= 0.3 is 6.18 Å². The van der Waals surface area contributed by atoms with E-state index < -0.39 is 24.1 Å². The van der Waals surface area contributed by atoms with Gasteiger partial charge < -0.3 is 15.2 Å². The van der Waals surface area contributed by atoms with Crippen molar-refractivity contribution in [3.63, 3.8) is 0 Å². The molecule has 2 aliphatic rings. The maximum absolute atomic E-state index is 12.8. The molecule has 0 bridgehead atoms. The van der Waals surface area contributed by atoms with Crippen LogP contribution in [0.1, 0.15) is 25.7 Å². The van der Waals surface area contributed by atoms with Crippen LogP contribution in [0.25, 0.3) is 0 Å². The molecular formula is C15H25F3N2O3. The fourth-order valence-corrected chi connectivity index (χ4v) is 3.23. The lowest BCUT2D eigenvalue weighted by Crippen LogP contribution is -2.46. The third-order valence-corrected chi connectivity index (χ3v) is 4.59. The number of aliphatic hydroxyl groups excluding tert-OH is 1. The Labute approximate surface area is 134 Å². The predicted molar refractivity (Wildman–Crippen MR) is 77.8 cm³/mol. The fourth-order valence-electron chi connectivity index (χ4n) is 3.23. The number of alkyl halides is 3.